The highest BCUT2D eigenvalue weighted by molar-refractivity contribution is 5.75. The first-order chi connectivity index (χ1) is 14.2. The maximum Gasteiger partial charge on any atom is 0.231 e. The largest absolute Gasteiger partial charge is 0.370 e. The number of likely N-dealkylation sites (tertiary alicyclic amines) is 1. The maximum atomic E-state index is 7.56. The van der Waals surface area contributed by atoms with Crippen LogP contribution in [-0.2, 0) is 6.42 Å². The molecule has 2 aromatic rings. The van der Waals surface area contributed by atoms with E-state index in [0.29, 0.717) is 18.3 Å². The number of guanidine groups is 1. The van der Waals surface area contributed by atoms with Crippen LogP contribution in [0.2, 0.25) is 0 Å². The summed E-state index contributed by atoms with van der Waals surface area (Å²) in [6.45, 7) is 3.71. The second-order valence-electron chi connectivity index (χ2n) is 8.20. The Hall–Kier alpha value is -2.37. The van der Waals surface area contributed by atoms with E-state index >= 15 is 0 Å². The first-order valence-electron chi connectivity index (χ1n) is 11.2. The van der Waals surface area contributed by atoms with E-state index in [1.54, 1.807) is 0 Å². The molecule has 1 aromatic carbocycles. The van der Waals surface area contributed by atoms with Gasteiger partial charge in [0, 0.05) is 18.7 Å². The number of aromatic nitrogens is 2. The van der Waals surface area contributed by atoms with Crippen LogP contribution in [0.4, 0.5) is 0 Å². The van der Waals surface area contributed by atoms with Crippen LogP contribution < -0.4 is 5.73 Å². The van der Waals surface area contributed by atoms with Crippen LogP contribution in [0.1, 0.15) is 82.1 Å². The number of unbranched alkanes of at least 4 members (excludes halogenated alkanes) is 7. The van der Waals surface area contributed by atoms with Crippen LogP contribution in [-0.4, -0.2) is 34.1 Å². The van der Waals surface area contributed by atoms with Crippen molar-refractivity contribution in [3.8, 4) is 11.4 Å². The smallest absolute Gasteiger partial charge is 0.231 e. The molecular weight excluding hydrogens is 362 g/mol. The Morgan fingerprint density at radius 2 is 1.93 bits per heavy atom. The lowest BCUT2D eigenvalue weighted by atomic mass is 10.0. The van der Waals surface area contributed by atoms with Gasteiger partial charge in [-0.25, -0.2) is 0 Å². The normalized spacial score (nSPS) is 16.4. The second-order valence-corrected chi connectivity index (χ2v) is 8.20. The molecule has 1 aliphatic rings. The molecule has 6 nitrogen and oxygen atoms in total. The molecule has 1 aromatic heterocycles. The first kappa shape index (κ1) is 21.3. The van der Waals surface area contributed by atoms with Crippen molar-refractivity contribution in [1.82, 2.24) is 15.0 Å². The molecular formula is C23H35N5O. The molecule has 1 fully saturated rings. The Morgan fingerprint density at radius 3 is 2.66 bits per heavy atom. The van der Waals surface area contributed by atoms with Crippen molar-refractivity contribution in [3.05, 3.63) is 35.7 Å². The summed E-state index contributed by atoms with van der Waals surface area (Å²) in [5, 5.41) is 11.8. The minimum atomic E-state index is 0.112. The van der Waals surface area contributed by atoms with Gasteiger partial charge in [-0.2, -0.15) is 4.98 Å². The highest BCUT2D eigenvalue weighted by Crippen LogP contribution is 2.28. The molecule has 6 heteroatoms. The van der Waals surface area contributed by atoms with Crippen LogP contribution >= 0.6 is 0 Å². The minimum Gasteiger partial charge on any atom is -0.370 e. The fourth-order valence-corrected chi connectivity index (χ4v) is 4.03. The van der Waals surface area contributed by atoms with E-state index in [1.807, 2.05) is 11.0 Å². The number of rotatable bonds is 11. The number of aryl methyl sites for hydroxylation is 1. The number of hydrogen-bond donors (Lipinski definition) is 2. The van der Waals surface area contributed by atoms with Crippen molar-refractivity contribution < 1.29 is 4.52 Å². The van der Waals surface area contributed by atoms with Crippen LogP contribution in [0.5, 0.6) is 0 Å². The third kappa shape index (κ3) is 6.31. The van der Waals surface area contributed by atoms with Gasteiger partial charge >= 0.3 is 0 Å². The van der Waals surface area contributed by atoms with Gasteiger partial charge in [0.05, 0.1) is 5.92 Å². The molecule has 1 atom stereocenters. The fraction of sp³-hybridized carbons (Fsp3) is 0.609. The summed E-state index contributed by atoms with van der Waals surface area (Å²) in [6.07, 6.45) is 12.7. The molecule has 3 N–H and O–H groups in total. The molecule has 3 rings (SSSR count). The molecule has 0 amide bonds. The Balaban J connectivity index is 1.47. The van der Waals surface area contributed by atoms with Crippen LogP contribution in [0.15, 0.2) is 28.8 Å². The summed E-state index contributed by atoms with van der Waals surface area (Å²) in [4.78, 5) is 6.47. The number of hydrogen-bond acceptors (Lipinski definition) is 4. The molecule has 0 saturated carbocycles. The third-order valence-electron chi connectivity index (χ3n) is 5.82. The van der Waals surface area contributed by atoms with Gasteiger partial charge in [-0.05, 0) is 30.9 Å². The van der Waals surface area contributed by atoms with Crippen molar-refractivity contribution in [2.45, 2.75) is 77.0 Å². The average molecular weight is 398 g/mol. The molecule has 0 spiro atoms. The summed E-state index contributed by atoms with van der Waals surface area (Å²) in [5.74, 6) is 1.57. The Morgan fingerprint density at radius 1 is 1.17 bits per heavy atom. The summed E-state index contributed by atoms with van der Waals surface area (Å²) in [5.41, 5.74) is 7.93. The maximum absolute atomic E-state index is 7.56. The van der Waals surface area contributed by atoms with Gasteiger partial charge in [0.15, 0.2) is 5.96 Å². The zero-order valence-electron chi connectivity index (χ0n) is 17.7. The molecule has 1 saturated heterocycles. The zero-order chi connectivity index (χ0) is 20.5. The van der Waals surface area contributed by atoms with E-state index in [-0.39, 0.29) is 11.9 Å². The Bertz CT molecular complexity index is 772. The quantitative estimate of drug-likeness (QED) is 0.312. The summed E-state index contributed by atoms with van der Waals surface area (Å²) in [6, 6.07) is 8.50. The summed E-state index contributed by atoms with van der Waals surface area (Å²) < 4.78 is 5.53. The lowest BCUT2D eigenvalue weighted by Crippen LogP contribution is -2.34. The molecule has 1 aliphatic heterocycles. The molecule has 1 unspecified atom stereocenters. The van der Waals surface area contributed by atoms with Crippen molar-refractivity contribution >= 4 is 5.96 Å². The van der Waals surface area contributed by atoms with E-state index in [0.717, 1.165) is 24.9 Å². The summed E-state index contributed by atoms with van der Waals surface area (Å²) in [7, 11) is 0. The van der Waals surface area contributed by atoms with Crippen molar-refractivity contribution in [1.29, 1.82) is 5.41 Å². The van der Waals surface area contributed by atoms with Gasteiger partial charge < -0.3 is 15.2 Å². The van der Waals surface area contributed by atoms with Gasteiger partial charge in [0.2, 0.25) is 11.7 Å². The molecule has 0 radical (unpaired) electrons. The third-order valence-corrected chi connectivity index (χ3v) is 5.82. The van der Waals surface area contributed by atoms with Crippen molar-refractivity contribution in [3.63, 3.8) is 0 Å². The van der Waals surface area contributed by atoms with E-state index in [1.165, 1.54) is 56.9 Å². The highest BCUT2D eigenvalue weighted by Gasteiger charge is 2.29. The van der Waals surface area contributed by atoms with Crippen molar-refractivity contribution in [2.24, 2.45) is 5.73 Å². The zero-order valence-corrected chi connectivity index (χ0v) is 17.7. The summed E-state index contributed by atoms with van der Waals surface area (Å²) >= 11 is 0. The first-order valence-corrected chi connectivity index (χ1v) is 11.2. The van der Waals surface area contributed by atoms with E-state index < -0.39 is 0 Å². The average Bonchev–Trinajstić information content (AvgIpc) is 3.40. The van der Waals surface area contributed by atoms with Gasteiger partial charge in [-0.15, -0.1) is 0 Å². The van der Waals surface area contributed by atoms with Gasteiger partial charge in [-0.1, -0.05) is 75.2 Å². The molecule has 0 aliphatic carbocycles. The van der Waals surface area contributed by atoms with Gasteiger partial charge in [-0.3, -0.25) is 5.41 Å². The number of nitrogens with two attached hydrogens (primary N) is 1. The molecule has 2 heterocycles. The molecule has 158 valence electrons. The molecule has 29 heavy (non-hydrogen) atoms. The predicted molar refractivity (Wildman–Crippen MR) is 117 cm³/mol. The number of nitrogens with one attached hydrogen (secondary N) is 1. The SMILES string of the molecule is CCCCCCCCCCc1cccc(-c2noc(C3CCN(C(=N)N)C3)n2)c1. The number of nitrogens with zero attached hydrogens (tertiary/aromatic N) is 3. The number of benzene rings is 1. The van der Waals surface area contributed by atoms with Crippen LogP contribution in [0.25, 0.3) is 11.4 Å². The minimum absolute atomic E-state index is 0.112. The topological polar surface area (TPSA) is 92.0 Å². The lowest BCUT2D eigenvalue weighted by Gasteiger charge is -2.14. The van der Waals surface area contributed by atoms with Gasteiger partial charge in [0.25, 0.3) is 0 Å². The van der Waals surface area contributed by atoms with Crippen LogP contribution in [0.3, 0.4) is 0 Å². The molecule has 0 bridgehead atoms. The monoisotopic (exact) mass is 397 g/mol. The predicted octanol–water partition coefficient (Wildman–Crippen LogP) is 5.10. The van der Waals surface area contributed by atoms with E-state index in [9.17, 15) is 0 Å². The van der Waals surface area contributed by atoms with E-state index in [4.69, 9.17) is 15.7 Å². The Kier molecular flexibility index (Phi) is 8.08. The fourth-order valence-electron chi connectivity index (χ4n) is 4.03. The van der Waals surface area contributed by atoms with Crippen molar-refractivity contribution in [2.75, 3.05) is 13.1 Å². The second kappa shape index (κ2) is 11.0. The highest BCUT2D eigenvalue weighted by atomic mass is 16.5. The van der Waals surface area contributed by atoms with Gasteiger partial charge in [0.1, 0.15) is 0 Å². The van der Waals surface area contributed by atoms with E-state index in [2.05, 4.69) is 35.3 Å². The van der Waals surface area contributed by atoms with Crippen LogP contribution in [0, 0.1) is 5.41 Å². The standard InChI is InChI=1S/C23H35N5O/c1-2-3-4-5-6-7-8-9-11-18-12-10-13-19(16-18)21-26-22(29-27-21)20-14-15-28(17-20)23(24)25/h10,12-13,16,20H,2-9,11,14-15,17H2,1H3,(H3,24,25). The Labute approximate surface area is 174 Å². The lowest BCUT2D eigenvalue weighted by molar-refractivity contribution is 0.354.